The molecule has 136 valence electrons. The van der Waals surface area contributed by atoms with Crippen molar-refractivity contribution in [1.82, 2.24) is 20.4 Å². The lowest BCUT2D eigenvalue weighted by atomic mass is 10.0. The highest BCUT2D eigenvalue weighted by atomic mass is 16.2. The van der Waals surface area contributed by atoms with E-state index in [4.69, 9.17) is 0 Å². The van der Waals surface area contributed by atoms with Crippen LogP contribution in [0.25, 0.3) is 0 Å². The van der Waals surface area contributed by atoms with Crippen molar-refractivity contribution >= 4 is 11.8 Å². The maximum absolute atomic E-state index is 12.0. The van der Waals surface area contributed by atoms with Gasteiger partial charge in [-0.3, -0.25) is 19.4 Å². The average molecular weight is 336 g/mol. The fourth-order valence-corrected chi connectivity index (χ4v) is 3.09. The molecule has 6 heteroatoms. The van der Waals surface area contributed by atoms with E-state index in [1.165, 1.54) is 0 Å². The minimum absolute atomic E-state index is 0.0281. The quantitative estimate of drug-likeness (QED) is 0.578. The van der Waals surface area contributed by atoms with Gasteiger partial charge in [0.05, 0.1) is 13.1 Å². The fourth-order valence-electron chi connectivity index (χ4n) is 3.09. The molecule has 0 saturated carbocycles. The minimum Gasteiger partial charge on any atom is -0.352 e. The molecule has 0 unspecified atom stereocenters. The van der Waals surface area contributed by atoms with Crippen LogP contribution in [0.15, 0.2) is 25.3 Å². The Morgan fingerprint density at radius 2 is 1.29 bits per heavy atom. The Bertz CT molecular complexity index is 399. The number of carbonyl (C=O) groups is 2. The molecular formula is C18H32N4O2. The number of hydrogen-bond acceptors (Lipinski definition) is 4. The van der Waals surface area contributed by atoms with Crippen LogP contribution < -0.4 is 10.6 Å². The van der Waals surface area contributed by atoms with E-state index in [-0.39, 0.29) is 23.9 Å². The molecule has 1 rings (SSSR count). The van der Waals surface area contributed by atoms with Gasteiger partial charge in [-0.2, -0.15) is 0 Å². The van der Waals surface area contributed by atoms with Crippen molar-refractivity contribution in [3.05, 3.63) is 25.3 Å². The van der Waals surface area contributed by atoms with E-state index in [1.807, 2.05) is 0 Å². The standard InChI is InChI=1S/C18H32N4O2/c1-5-9-19-17(23)13-21-11-16(8-4)22(12-15(21)7-3)14-18(24)20-10-6-2/h5-6,15-16H,1-2,7-14H2,3-4H3,(H,19,23)(H,20,24)/t15-,16+. The lowest BCUT2D eigenvalue weighted by Crippen LogP contribution is -2.60. The molecule has 24 heavy (non-hydrogen) atoms. The van der Waals surface area contributed by atoms with Crippen molar-refractivity contribution in [2.75, 3.05) is 39.3 Å². The molecule has 2 atom stereocenters. The zero-order chi connectivity index (χ0) is 17.9. The number of amides is 2. The van der Waals surface area contributed by atoms with Crippen LogP contribution in [0.5, 0.6) is 0 Å². The van der Waals surface area contributed by atoms with Gasteiger partial charge >= 0.3 is 0 Å². The Balaban J connectivity index is 2.64. The Morgan fingerprint density at radius 3 is 1.58 bits per heavy atom. The van der Waals surface area contributed by atoms with Gasteiger partial charge in [-0.25, -0.2) is 0 Å². The molecule has 1 aliphatic heterocycles. The first kappa shape index (κ1) is 20.4. The number of piperazine rings is 1. The third-order valence-electron chi connectivity index (χ3n) is 4.45. The van der Waals surface area contributed by atoms with Crippen LogP contribution in [0.1, 0.15) is 26.7 Å². The molecule has 0 aromatic heterocycles. The highest BCUT2D eigenvalue weighted by Gasteiger charge is 2.33. The van der Waals surface area contributed by atoms with Gasteiger partial charge in [0.15, 0.2) is 0 Å². The molecule has 2 N–H and O–H groups in total. The van der Waals surface area contributed by atoms with Crippen LogP contribution in [0.2, 0.25) is 0 Å². The second-order valence-corrected chi connectivity index (χ2v) is 6.17. The summed E-state index contributed by atoms with van der Waals surface area (Å²) in [5, 5.41) is 5.68. The minimum atomic E-state index is 0.0281. The molecule has 1 heterocycles. The predicted molar refractivity (Wildman–Crippen MR) is 97.7 cm³/mol. The number of nitrogens with zero attached hydrogens (tertiary/aromatic N) is 2. The summed E-state index contributed by atoms with van der Waals surface area (Å²) in [5.74, 6) is 0.0563. The smallest absolute Gasteiger partial charge is 0.234 e. The largest absolute Gasteiger partial charge is 0.352 e. The van der Waals surface area contributed by atoms with Gasteiger partial charge in [-0.15, -0.1) is 13.2 Å². The molecule has 0 aliphatic carbocycles. The Morgan fingerprint density at radius 1 is 0.917 bits per heavy atom. The van der Waals surface area contributed by atoms with Crippen molar-refractivity contribution in [3.8, 4) is 0 Å². The normalized spacial score (nSPS) is 21.9. The molecule has 2 amide bonds. The summed E-state index contributed by atoms with van der Waals surface area (Å²) in [6.45, 7) is 14.9. The topological polar surface area (TPSA) is 64.7 Å². The number of carbonyl (C=O) groups excluding carboxylic acids is 2. The van der Waals surface area contributed by atoms with Gasteiger partial charge in [0.2, 0.25) is 11.8 Å². The van der Waals surface area contributed by atoms with E-state index in [1.54, 1.807) is 12.2 Å². The van der Waals surface area contributed by atoms with Crippen LogP contribution in [0.3, 0.4) is 0 Å². The molecule has 0 spiro atoms. The summed E-state index contributed by atoms with van der Waals surface area (Å²) in [5.41, 5.74) is 0. The number of nitrogens with one attached hydrogen (secondary N) is 2. The summed E-state index contributed by atoms with van der Waals surface area (Å²) >= 11 is 0. The Kier molecular flexibility index (Phi) is 9.34. The average Bonchev–Trinajstić information content (AvgIpc) is 2.58. The highest BCUT2D eigenvalue weighted by molar-refractivity contribution is 5.78. The van der Waals surface area contributed by atoms with Gasteiger partial charge in [-0.05, 0) is 12.8 Å². The van der Waals surface area contributed by atoms with Crippen molar-refractivity contribution < 1.29 is 9.59 Å². The Labute approximate surface area is 146 Å². The van der Waals surface area contributed by atoms with Crippen LogP contribution >= 0.6 is 0 Å². The van der Waals surface area contributed by atoms with E-state index < -0.39 is 0 Å². The molecule has 0 bridgehead atoms. The lowest BCUT2D eigenvalue weighted by molar-refractivity contribution is -0.127. The molecule has 6 nitrogen and oxygen atoms in total. The summed E-state index contributed by atoms with van der Waals surface area (Å²) < 4.78 is 0. The van der Waals surface area contributed by atoms with Gasteiger partial charge in [0.25, 0.3) is 0 Å². The van der Waals surface area contributed by atoms with Gasteiger partial charge < -0.3 is 10.6 Å². The molecule has 1 saturated heterocycles. The van der Waals surface area contributed by atoms with Gasteiger partial charge in [0.1, 0.15) is 0 Å². The van der Waals surface area contributed by atoms with Crippen LogP contribution in [-0.4, -0.2) is 73.0 Å². The van der Waals surface area contributed by atoms with Gasteiger partial charge in [-0.1, -0.05) is 26.0 Å². The zero-order valence-corrected chi connectivity index (χ0v) is 15.1. The third kappa shape index (κ3) is 6.45. The van der Waals surface area contributed by atoms with Crippen LogP contribution in [0, 0.1) is 0 Å². The molecule has 0 radical (unpaired) electrons. The first-order valence-electron chi connectivity index (χ1n) is 8.78. The molecular weight excluding hydrogens is 304 g/mol. The maximum atomic E-state index is 12.0. The van der Waals surface area contributed by atoms with E-state index in [0.29, 0.717) is 26.2 Å². The molecule has 1 aliphatic rings. The molecule has 0 aromatic rings. The maximum Gasteiger partial charge on any atom is 0.234 e. The van der Waals surface area contributed by atoms with Gasteiger partial charge in [0, 0.05) is 38.3 Å². The second kappa shape index (κ2) is 11.0. The fraction of sp³-hybridized carbons (Fsp3) is 0.667. The SMILES string of the molecule is C=CCNC(=O)CN1C[C@H](CC)N(CC(=O)NCC=C)C[C@H]1CC. The summed E-state index contributed by atoms with van der Waals surface area (Å²) in [6, 6.07) is 0.573. The second-order valence-electron chi connectivity index (χ2n) is 6.17. The van der Waals surface area contributed by atoms with E-state index >= 15 is 0 Å². The van der Waals surface area contributed by atoms with Crippen LogP contribution in [-0.2, 0) is 9.59 Å². The first-order chi connectivity index (χ1) is 11.5. The van der Waals surface area contributed by atoms with Crippen molar-refractivity contribution in [1.29, 1.82) is 0 Å². The van der Waals surface area contributed by atoms with E-state index in [9.17, 15) is 9.59 Å². The lowest BCUT2D eigenvalue weighted by Gasteiger charge is -2.45. The molecule has 1 fully saturated rings. The van der Waals surface area contributed by atoms with Crippen molar-refractivity contribution in [2.45, 2.75) is 38.8 Å². The van der Waals surface area contributed by atoms with E-state index in [0.717, 1.165) is 25.9 Å². The summed E-state index contributed by atoms with van der Waals surface area (Å²) in [7, 11) is 0. The summed E-state index contributed by atoms with van der Waals surface area (Å²) in [6.07, 6.45) is 5.28. The van der Waals surface area contributed by atoms with Crippen molar-refractivity contribution in [2.24, 2.45) is 0 Å². The van der Waals surface area contributed by atoms with E-state index in [2.05, 4.69) is 47.4 Å². The Hall–Kier alpha value is -1.66. The predicted octanol–water partition coefficient (Wildman–Crippen LogP) is 0.766. The molecule has 0 aromatic carbocycles. The number of rotatable bonds is 10. The first-order valence-corrected chi connectivity index (χ1v) is 8.78. The van der Waals surface area contributed by atoms with Crippen LogP contribution in [0.4, 0.5) is 0 Å². The third-order valence-corrected chi connectivity index (χ3v) is 4.45. The number of hydrogen-bond donors (Lipinski definition) is 2. The monoisotopic (exact) mass is 336 g/mol. The summed E-state index contributed by atoms with van der Waals surface area (Å²) in [4.78, 5) is 28.5. The van der Waals surface area contributed by atoms with Crippen molar-refractivity contribution in [3.63, 3.8) is 0 Å². The zero-order valence-electron chi connectivity index (χ0n) is 15.1. The highest BCUT2D eigenvalue weighted by Crippen LogP contribution is 2.19.